The maximum atomic E-state index is 11.8. The number of hydrogen-bond donors (Lipinski definition) is 0. The number of fused-ring (bicyclic) bond motifs is 5. The predicted octanol–water partition coefficient (Wildman–Crippen LogP) is 6.80. The third kappa shape index (κ3) is 3.29. The molecule has 4 rings (SSSR count). The number of hydrogen-bond acceptors (Lipinski definition) is 3. The van der Waals surface area contributed by atoms with E-state index in [9.17, 15) is 4.79 Å². The molecule has 9 atom stereocenters. The van der Waals surface area contributed by atoms with Gasteiger partial charge in [0, 0.05) is 6.42 Å². The molecule has 0 spiro atoms. The molecule has 0 saturated heterocycles. The Morgan fingerprint density at radius 2 is 1.79 bits per heavy atom. The highest BCUT2D eigenvalue weighted by molar-refractivity contribution is 5.68. The second-order valence-corrected chi connectivity index (χ2v) is 12.3. The molecule has 166 valence electrons. The fourth-order valence-electron chi connectivity index (χ4n) is 9.38. The molecule has 3 nitrogen and oxygen atoms in total. The molecule has 0 amide bonds. The highest BCUT2D eigenvalue weighted by atomic mass is 17.2. The second kappa shape index (κ2) is 7.53. The summed E-state index contributed by atoms with van der Waals surface area (Å²) in [7, 11) is 1.41. The summed E-state index contributed by atoms with van der Waals surface area (Å²) in [5, 5.41) is 0. The minimum absolute atomic E-state index is 0.223. The van der Waals surface area contributed by atoms with Crippen LogP contribution in [0.2, 0.25) is 0 Å². The Bertz CT molecular complexity index is 631. The van der Waals surface area contributed by atoms with Crippen LogP contribution in [0.1, 0.15) is 98.8 Å². The van der Waals surface area contributed by atoms with Crippen LogP contribution in [0.3, 0.4) is 0 Å². The van der Waals surface area contributed by atoms with Crippen molar-refractivity contribution in [3.8, 4) is 0 Å². The molecule has 0 aromatic heterocycles. The second-order valence-electron chi connectivity index (χ2n) is 12.3. The molecule has 0 N–H and O–H groups in total. The molecule has 8 unspecified atom stereocenters. The Morgan fingerprint density at radius 1 is 1.03 bits per heavy atom. The molecular formula is C26H44O3. The van der Waals surface area contributed by atoms with Crippen molar-refractivity contribution < 1.29 is 14.6 Å². The SMILES string of the molecule is COOC(=O)CCC(C)C1CCC2C3CC[C@@]4(C)CC(C)CCC4(C)C3CC12C. The van der Waals surface area contributed by atoms with Crippen molar-refractivity contribution in [2.45, 2.75) is 98.8 Å². The van der Waals surface area contributed by atoms with E-state index in [-0.39, 0.29) is 5.97 Å². The summed E-state index contributed by atoms with van der Waals surface area (Å²) < 4.78 is 0. The van der Waals surface area contributed by atoms with Gasteiger partial charge >= 0.3 is 5.97 Å². The normalized spacial score (nSPS) is 49.8. The average Bonchev–Trinajstić information content (AvgIpc) is 3.13. The first-order chi connectivity index (χ1) is 13.6. The Balaban J connectivity index is 1.51. The molecule has 4 fully saturated rings. The third-order valence-corrected chi connectivity index (χ3v) is 11.0. The summed E-state index contributed by atoms with van der Waals surface area (Å²) in [5.41, 5.74) is 1.55. The molecule has 4 saturated carbocycles. The number of carbonyl (C=O) groups excluding carboxylic acids is 1. The first-order valence-electron chi connectivity index (χ1n) is 12.4. The van der Waals surface area contributed by atoms with Gasteiger partial charge in [0.25, 0.3) is 0 Å². The van der Waals surface area contributed by atoms with Crippen LogP contribution in [-0.4, -0.2) is 13.1 Å². The van der Waals surface area contributed by atoms with Crippen LogP contribution in [0.25, 0.3) is 0 Å². The van der Waals surface area contributed by atoms with E-state index < -0.39 is 0 Å². The third-order valence-electron chi connectivity index (χ3n) is 11.0. The van der Waals surface area contributed by atoms with Gasteiger partial charge in [-0.15, -0.1) is 0 Å². The first-order valence-corrected chi connectivity index (χ1v) is 12.4. The van der Waals surface area contributed by atoms with Crippen LogP contribution in [0, 0.1) is 51.8 Å². The molecule has 4 aliphatic rings. The van der Waals surface area contributed by atoms with Crippen molar-refractivity contribution in [2.24, 2.45) is 51.8 Å². The standard InChI is InChI=1S/C26H44O3/c1-17-11-14-26(5)22-16-25(4)20(18(2)7-10-23(27)29-28-6)8-9-21(25)19(22)12-13-24(26,3)15-17/h17-22H,7-16H2,1-6H3/t17?,18?,19?,20?,21?,22?,24-,25?,26?/m0/s1. The van der Waals surface area contributed by atoms with Crippen molar-refractivity contribution in [3.63, 3.8) is 0 Å². The maximum absolute atomic E-state index is 11.8. The minimum atomic E-state index is -0.223. The van der Waals surface area contributed by atoms with Crippen LogP contribution < -0.4 is 0 Å². The summed E-state index contributed by atoms with van der Waals surface area (Å²) >= 11 is 0. The Hall–Kier alpha value is -0.570. The number of rotatable bonds is 5. The molecular weight excluding hydrogens is 360 g/mol. The van der Waals surface area contributed by atoms with Crippen molar-refractivity contribution >= 4 is 5.97 Å². The smallest absolute Gasteiger partial charge is 0.299 e. The fraction of sp³-hybridized carbons (Fsp3) is 0.962. The molecule has 0 aromatic rings. The first kappa shape index (κ1) is 21.7. The van der Waals surface area contributed by atoms with Gasteiger partial charge in [0.05, 0.1) is 7.11 Å². The summed E-state index contributed by atoms with van der Waals surface area (Å²) in [4.78, 5) is 21.0. The van der Waals surface area contributed by atoms with Crippen molar-refractivity contribution in [2.75, 3.05) is 7.11 Å². The summed E-state index contributed by atoms with van der Waals surface area (Å²) in [6.45, 7) is 12.8. The monoisotopic (exact) mass is 404 g/mol. The lowest BCUT2D eigenvalue weighted by Crippen LogP contribution is -2.52. The van der Waals surface area contributed by atoms with Crippen molar-refractivity contribution in [1.82, 2.24) is 0 Å². The summed E-state index contributed by atoms with van der Waals surface area (Å²) in [6.07, 6.45) is 12.8. The Morgan fingerprint density at radius 3 is 2.52 bits per heavy atom. The van der Waals surface area contributed by atoms with Gasteiger partial charge in [-0.2, -0.15) is 4.89 Å². The molecule has 3 heteroatoms. The zero-order chi connectivity index (χ0) is 21.0. The van der Waals surface area contributed by atoms with E-state index in [2.05, 4.69) is 39.5 Å². The fourth-order valence-corrected chi connectivity index (χ4v) is 9.38. The largest absolute Gasteiger partial charge is 0.342 e. The number of carbonyl (C=O) groups is 1. The van der Waals surface area contributed by atoms with Crippen LogP contribution in [-0.2, 0) is 14.6 Å². The summed E-state index contributed by atoms with van der Waals surface area (Å²) in [6, 6.07) is 0. The van der Waals surface area contributed by atoms with Crippen LogP contribution in [0.15, 0.2) is 0 Å². The van der Waals surface area contributed by atoms with Gasteiger partial charge in [0.15, 0.2) is 0 Å². The minimum Gasteiger partial charge on any atom is -0.299 e. The molecule has 0 heterocycles. The van der Waals surface area contributed by atoms with E-state index in [0.29, 0.717) is 28.6 Å². The zero-order valence-corrected chi connectivity index (χ0v) is 19.8. The molecule has 4 aliphatic carbocycles. The topological polar surface area (TPSA) is 35.5 Å². The molecule has 0 aliphatic heterocycles. The molecule has 29 heavy (non-hydrogen) atoms. The van der Waals surface area contributed by atoms with E-state index >= 15 is 0 Å². The highest BCUT2D eigenvalue weighted by Crippen LogP contribution is 2.74. The highest BCUT2D eigenvalue weighted by Gasteiger charge is 2.66. The van der Waals surface area contributed by atoms with Gasteiger partial charge in [0.1, 0.15) is 0 Å². The van der Waals surface area contributed by atoms with Crippen LogP contribution in [0.4, 0.5) is 0 Å². The van der Waals surface area contributed by atoms with Crippen LogP contribution >= 0.6 is 0 Å². The van der Waals surface area contributed by atoms with Gasteiger partial charge in [-0.05, 0) is 103 Å². The average molecular weight is 405 g/mol. The van der Waals surface area contributed by atoms with E-state index in [0.717, 1.165) is 36.0 Å². The predicted molar refractivity (Wildman–Crippen MR) is 116 cm³/mol. The van der Waals surface area contributed by atoms with Gasteiger partial charge in [-0.1, -0.05) is 41.0 Å². The van der Waals surface area contributed by atoms with E-state index in [1.165, 1.54) is 58.5 Å². The van der Waals surface area contributed by atoms with E-state index in [1.807, 2.05) is 0 Å². The lowest BCUT2D eigenvalue weighted by atomic mass is 9.44. The van der Waals surface area contributed by atoms with Crippen molar-refractivity contribution in [1.29, 1.82) is 0 Å². The zero-order valence-electron chi connectivity index (χ0n) is 19.8. The molecule has 0 radical (unpaired) electrons. The Labute approximate surface area is 178 Å². The van der Waals surface area contributed by atoms with Gasteiger partial charge in [-0.25, -0.2) is 4.79 Å². The van der Waals surface area contributed by atoms with Gasteiger partial charge < -0.3 is 0 Å². The molecule has 0 bridgehead atoms. The lowest BCUT2D eigenvalue weighted by Gasteiger charge is -2.60. The lowest BCUT2D eigenvalue weighted by molar-refractivity contribution is -0.255. The van der Waals surface area contributed by atoms with E-state index in [4.69, 9.17) is 4.89 Å². The van der Waals surface area contributed by atoms with Gasteiger partial charge in [-0.3, -0.25) is 4.89 Å². The van der Waals surface area contributed by atoms with Gasteiger partial charge in [0.2, 0.25) is 0 Å². The Kier molecular flexibility index (Phi) is 5.63. The maximum Gasteiger partial charge on any atom is 0.342 e. The van der Waals surface area contributed by atoms with Crippen LogP contribution in [0.5, 0.6) is 0 Å². The molecule has 0 aromatic carbocycles. The quantitative estimate of drug-likeness (QED) is 0.373. The summed E-state index contributed by atoms with van der Waals surface area (Å²) in [5.74, 6) is 4.79. The van der Waals surface area contributed by atoms with Crippen molar-refractivity contribution in [3.05, 3.63) is 0 Å². The van der Waals surface area contributed by atoms with E-state index in [1.54, 1.807) is 0 Å².